The predicted molar refractivity (Wildman–Crippen MR) is 200 cm³/mol. The maximum atomic E-state index is 4.88. The van der Waals surface area contributed by atoms with Crippen molar-refractivity contribution in [3.63, 3.8) is 0 Å². The summed E-state index contributed by atoms with van der Waals surface area (Å²) in [5.74, 6) is 0. The van der Waals surface area contributed by atoms with Crippen LogP contribution in [0.5, 0.6) is 0 Å². The molecule has 0 N–H and O–H groups in total. The molecule has 0 unspecified atom stereocenters. The number of pyridine rings is 2. The van der Waals surface area contributed by atoms with Gasteiger partial charge in [-0.1, -0.05) is 103 Å². The first-order valence-electron chi connectivity index (χ1n) is 16.3. The van der Waals surface area contributed by atoms with E-state index in [1.54, 1.807) is 0 Å². The molecule has 3 heteroatoms. The van der Waals surface area contributed by atoms with E-state index in [-0.39, 0.29) is 0 Å². The van der Waals surface area contributed by atoms with E-state index in [9.17, 15) is 0 Å². The second-order valence-corrected chi connectivity index (χ2v) is 12.4. The molecule has 0 amide bonds. The van der Waals surface area contributed by atoms with Crippen LogP contribution in [0.2, 0.25) is 0 Å². The number of benzene rings is 6. The highest BCUT2D eigenvalue weighted by Gasteiger charge is 2.17. The van der Waals surface area contributed by atoms with E-state index in [0.29, 0.717) is 0 Å². The lowest BCUT2D eigenvalue weighted by Crippen LogP contribution is -1.95. The van der Waals surface area contributed by atoms with Crippen molar-refractivity contribution >= 4 is 32.6 Å². The third kappa shape index (κ3) is 4.85. The molecule has 0 aliphatic carbocycles. The number of nitrogens with zero attached hydrogens (tertiary/aromatic N) is 3. The number of hydrogen-bond donors (Lipinski definition) is 0. The molecule has 226 valence electrons. The van der Waals surface area contributed by atoms with Gasteiger partial charge < -0.3 is 4.57 Å². The minimum atomic E-state index is 0.936. The van der Waals surface area contributed by atoms with Crippen molar-refractivity contribution < 1.29 is 0 Å². The Morgan fingerprint density at radius 1 is 0.438 bits per heavy atom. The van der Waals surface area contributed by atoms with Crippen LogP contribution in [-0.4, -0.2) is 14.5 Å². The van der Waals surface area contributed by atoms with Crippen LogP contribution >= 0.6 is 0 Å². The zero-order valence-corrected chi connectivity index (χ0v) is 26.5. The monoisotopic (exact) mass is 613 g/mol. The Balaban J connectivity index is 1.19. The average Bonchev–Trinajstić information content (AvgIpc) is 3.49. The summed E-state index contributed by atoms with van der Waals surface area (Å²) in [5.41, 5.74) is 13.5. The number of para-hydroxylation sites is 1. The molecule has 9 rings (SSSR count). The van der Waals surface area contributed by atoms with Gasteiger partial charge in [0.25, 0.3) is 0 Å². The fourth-order valence-electron chi connectivity index (χ4n) is 6.94. The molecular weight excluding hydrogens is 583 g/mol. The summed E-state index contributed by atoms with van der Waals surface area (Å²) in [7, 11) is 0. The van der Waals surface area contributed by atoms with Gasteiger partial charge in [-0.25, -0.2) is 0 Å². The molecule has 0 atom stereocenters. The second-order valence-electron chi connectivity index (χ2n) is 12.4. The minimum Gasteiger partial charge on any atom is -0.309 e. The third-order valence-electron chi connectivity index (χ3n) is 9.33. The molecule has 3 nitrogen and oxygen atoms in total. The molecule has 48 heavy (non-hydrogen) atoms. The summed E-state index contributed by atoms with van der Waals surface area (Å²) in [6.45, 7) is 2.08. The lowest BCUT2D eigenvalue weighted by Gasteiger charge is -2.12. The molecule has 0 radical (unpaired) electrons. The van der Waals surface area contributed by atoms with Crippen molar-refractivity contribution in [2.75, 3.05) is 0 Å². The van der Waals surface area contributed by atoms with Crippen molar-refractivity contribution in [2.45, 2.75) is 6.92 Å². The van der Waals surface area contributed by atoms with Gasteiger partial charge in [-0.05, 0) is 94.7 Å². The molecule has 3 heterocycles. The summed E-state index contributed by atoms with van der Waals surface area (Å²) >= 11 is 0. The Bertz CT molecular complexity index is 2600. The summed E-state index contributed by atoms with van der Waals surface area (Å²) in [6, 6.07) is 56.5. The van der Waals surface area contributed by atoms with Gasteiger partial charge in [0.1, 0.15) is 0 Å². The van der Waals surface area contributed by atoms with E-state index in [2.05, 4.69) is 168 Å². The Labute approximate surface area is 279 Å². The number of aryl methyl sites for hydroxylation is 1. The van der Waals surface area contributed by atoms with Crippen LogP contribution in [0.25, 0.3) is 83.0 Å². The number of aromatic nitrogens is 3. The van der Waals surface area contributed by atoms with Gasteiger partial charge in [-0.3, -0.25) is 9.97 Å². The first-order valence-corrected chi connectivity index (χ1v) is 16.3. The van der Waals surface area contributed by atoms with Crippen LogP contribution in [-0.2, 0) is 0 Å². The molecule has 3 aromatic heterocycles. The molecule has 0 spiro atoms. The molecule has 0 aliphatic rings. The van der Waals surface area contributed by atoms with Gasteiger partial charge in [0.05, 0.1) is 22.4 Å². The van der Waals surface area contributed by atoms with Crippen LogP contribution in [0, 0.1) is 6.92 Å². The standard InChI is InChI=1S/C45H31N3/c1-30-23-24-46-43(25-30)37-18-22-42(47-29-37)36-17-20-40-41-21-16-35-27-34(33-12-8-11-32(26-33)31-9-4-2-5-10-31)15-19-39(35)45(41)48(44(40)28-36)38-13-6-3-7-14-38/h2-29H,1H3. The molecule has 0 fully saturated rings. The van der Waals surface area contributed by atoms with Crippen LogP contribution in [0.15, 0.2) is 170 Å². The molecule has 6 aromatic carbocycles. The highest BCUT2D eigenvalue weighted by atomic mass is 15.0. The van der Waals surface area contributed by atoms with Gasteiger partial charge in [0.2, 0.25) is 0 Å². The first kappa shape index (κ1) is 27.9. The maximum absolute atomic E-state index is 4.88. The minimum absolute atomic E-state index is 0.936. The smallest absolute Gasteiger partial charge is 0.0720 e. The van der Waals surface area contributed by atoms with E-state index in [4.69, 9.17) is 4.98 Å². The highest BCUT2D eigenvalue weighted by Crippen LogP contribution is 2.39. The summed E-state index contributed by atoms with van der Waals surface area (Å²) < 4.78 is 2.41. The number of hydrogen-bond acceptors (Lipinski definition) is 2. The molecule has 9 aromatic rings. The largest absolute Gasteiger partial charge is 0.309 e. The van der Waals surface area contributed by atoms with Crippen LogP contribution in [0.1, 0.15) is 5.56 Å². The molecule has 0 aliphatic heterocycles. The lowest BCUT2D eigenvalue weighted by molar-refractivity contribution is 1.19. The Hall–Kier alpha value is -6.32. The van der Waals surface area contributed by atoms with Gasteiger partial charge in [0, 0.05) is 45.4 Å². The van der Waals surface area contributed by atoms with Gasteiger partial charge in [-0.15, -0.1) is 0 Å². The average molecular weight is 614 g/mol. The van der Waals surface area contributed by atoms with Crippen molar-refractivity contribution in [2.24, 2.45) is 0 Å². The molecule has 0 saturated carbocycles. The number of fused-ring (bicyclic) bond motifs is 5. The molecule has 0 saturated heterocycles. The van der Waals surface area contributed by atoms with Crippen LogP contribution in [0.3, 0.4) is 0 Å². The van der Waals surface area contributed by atoms with Crippen LogP contribution in [0.4, 0.5) is 0 Å². The normalized spacial score (nSPS) is 11.4. The summed E-state index contributed by atoms with van der Waals surface area (Å²) in [6.07, 6.45) is 3.78. The maximum Gasteiger partial charge on any atom is 0.0720 e. The summed E-state index contributed by atoms with van der Waals surface area (Å²) in [5, 5.41) is 4.90. The zero-order chi connectivity index (χ0) is 32.0. The zero-order valence-electron chi connectivity index (χ0n) is 26.5. The fourth-order valence-corrected chi connectivity index (χ4v) is 6.94. The van der Waals surface area contributed by atoms with E-state index in [1.807, 2.05) is 18.5 Å². The Morgan fingerprint density at radius 3 is 1.92 bits per heavy atom. The Kier molecular flexibility index (Phi) is 6.69. The van der Waals surface area contributed by atoms with Gasteiger partial charge in [-0.2, -0.15) is 0 Å². The van der Waals surface area contributed by atoms with Crippen LogP contribution < -0.4 is 0 Å². The second kappa shape index (κ2) is 11.5. The third-order valence-corrected chi connectivity index (χ3v) is 9.33. The molecular formula is C45H31N3. The highest BCUT2D eigenvalue weighted by molar-refractivity contribution is 6.19. The van der Waals surface area contributed by atoms with Crippen molar-refractivity contribution in [1.82, 2.24) is 14.5 Å². The van der Waals surface area contributed by atoms with Crippen molar-refractivity contribution in [3.8, 4) is 50.5 Å². The van der Waals surface area contributed by atoms with E-state index in [0.717, 1.165) is 33.7 Å². The van der Waals surface area contributed by atoms with E-state index in [1.165, 1.54) is 54.9 Å². The SMILES string of the molecule is Cc1ccnc(-c2ccc(-c3ccc4c5ccc6cc(-c7cccc(-c8ccccc8)c7)ccc6c5n(-c5ccccc5)c4c3)nc2)c1. The van der Waals surface area contributed by atoms with E-state index >= 15 is 0 Å². The Morgan fingerprint density at radius 2 is 1.12 bits per heavy atom. The lowest BCUT2D eigenvalue weighted by atomic mass is 9.96. The summed E-state index contributed by atoms with van der Waals surface area (Å²) in [4.78, 5) is 9.43. The predicted octanol–water partition coefficient (Wildman–Crippen LogP) is 11.7. The van der Waals surface area contributed by atoms with Gasteiger partial charge >= 0.3 is 0 Å². The quantitative estimate of drug-likeness (QED) is 0.193. The first-order chi connectivity index (χ1) is 23.7. The van der Waals surface area contributed by atoms with E-state index < -0.39 is 0 Å². The number of rotatable bonds is 5. The van der Waals surface area contributed by atoms with Crippen molar-refractivity contribution in [3.05, 3.63) is 176 Å². The topological polar surface area (TPSA) is 30.7 Å². The molecule has 0 bridgehead atoms. The van der Waals surface area contributed by atoms with Gasteiger partial charge in [0.15, 0.2) is 0 Å². The van der Waals surface area contributed by atoms with Crippen molar-refractivity contribution in [1.29, 1.82) is 0 Å². The fraction of sp³-hybridized carbons (Fsp3) is 0.0222.